The van der Waals surface area contributed by atoms with Gasteiger partial charge in [0.15, 0.2) is 11.4 Å². The molecule has 0 unspecified atom stereocenters. The van der Waals surface area contributed by atoms with Crippen LogP contribution >= 0.6 is 23.1 Å². The molecule has 7 heteroatoms. The summed E-state index contributed by atoms with van der Waals surface area (Å²) in [6.45, 7) is 3.30. The van der Waals surface area contributed by atoms with E-state index >= 15 is 0 Å². The molecule has 28 heavy (non-hydrogen) atoms. The molecule has 0 atom stereocenters. The number of ether oxygens (including phenoxy) is 2. The maximum atomic E-state index is 13.6. The van der Waals surface area contributed by atoms with Crippen LogP contribution in [0.15, 0.2) is 34.2 Å². The van der Waals surface area contributed by atoms with Crippen LogP contribution in [0.3, 0.4) is 0 Å². The van der Waals surface area contributed by atoms with E-state index in [0.29, 0.717) is 24.1 Å². The highest BCUT2D eigenvalue weighted by atomic mass is 32.2. The molecule has 1 aliphatic heterocycles. The van der Waals surface area contributed by atoms with Gasteiger partial charge in [-0.2, -0.15) is 0 Å². The van der Waals surface area contributed by atoms with Crippen LogP contribution in [0.5, 0.6) is 0 Å². The molecule has 1 aliphatic carbocycles. The molecule has 5 nitrogen and oxygen atoms in total. The lowest BCUT2D eigenvalue weighted by molar-refractivity contribution is -0.0215. The zero-order valence-corrected chi connectivity index (χ0v) is 17.4. The summed E-state index contributed by atoms with van der Waals surface area (Å²) in [6.07, 6.45) is 4.16. The molecule has 0 saturated carbocycles. The average Bonchev–Trinajstić information content (AvgIpc) is 3.35. The predicted octanol–water partition coefficient (Wildman–Crippen LogP) is 4.10. The molecule has 1 saturated heterocycles. The number of nitrogens with zero attached hydrogens (tertiary/aromatic N) is 2. The first-order valence-electron chi connectivity index (χ1n) is 9.71. The Morgan fingerprint density at radius 3 is 2.71 bits per heavy atom. The van der Waals surface area contributed by atoms with Crippen LogP contribution in [0.25, 0.3) is 15.9 Å². The smallest absolute Gasteiger partial charge is 0.267 e. The van der Waals surface area contributed by atoms with Crippen molar-refractivity contribution in [3.8, 4) is 5.69 Å². The third-order valence-corrected chi connectivity index (χ3v) is 7.45. The van der Waals surface area contributed by atoms with Crippen LogP contribution in [0.1, 0.15) is 28.8 Å². The van der Waals surface area contributed by atoms with E-state index in [2.05, 4.69) is 0 Å². The zero-order valence-electron chi connectivity index (χ0n) is 15.8. The van der Waals surface area contributed by atoms with E-state index in [1.165, 1.54) is 34.2 Å². The second-order valence-corrected chi connectivity index (χ2v) is 9.31. The first kappa shape index (κ1) is 18.4. The summed E-state index contributed by atoms with van der Waals surface area (Å²) >= 11 is 3.22. The Hall–Kier alpha value is -1.67. The molecule has 0 spiro atoms. The minimum absolute atomic E-state index is 0.0454. The van der Waals surface area contributed by atoms with Gasteiger partial charge in [0, 0.05) is 4.88 Å². The molecule has 2 aliphatic rings. The Kier molecular flexibility index (Phi) is 5.00. The molecular formula is C21H22N2O3S2. The SMILES string of the molecule is Cc1ccc(-n2c(SCC3OCCO3)nc3sc4c(c3c2=O)CCCC4)cc1. The number of thiophene rings is 1. The van der Waals surface area contributed by atoms with Gasteiger partial charge in [-0.25, -0.2) is 4.98 Å². The molecule has 1 fully saturated rings. The lowest BCUT2D eigenvalue weighted by Gasteiger charge is -2.15. The second kappa shape index (κ2) is 7.63. The van der Waals surface area contributed by atoms with Gasteiger partial charge < -0.3 is 9.47 Å². The van der Waals surface area contributed by atoms with E-state index in [0.717, 1.165) is 35.2 Å². The minimum atomic E-state index is -0.236. The van der Waals surface area contributed by atoms with Crippen molar-refractivity contribution in [1.82, 2.24) is 9.55 Å². The topological polar surface area (TPSA) is 53.4 Å². The first-order valence-corrected chi connectivity index (χ1v) is 11.5. The largest absolute Gasteiger partial charge is 0.349 e. The van der Waals surface area contributed by atoms with Crippen molar-refractivity contribution in [2.75, 3.05) is 19.0 Å². The van der Waals surface area contributed by atoms with E-state index in [-0.39, 0.29) is 11.8 Å². The van der Waals surface area contributed by atoms with E-state index < -0.39 is 0 Å². The number of rotatable bonds is 4. The van der Waals surface area contributed by atoms with Crippen molar-refractivity contribution in [3.05, 3.63) is 50.6 Å². The average molecular weight is 415 g/mol. The van der Waals surface area contributed by atoms with Gasteiger partial charge in [-0.1, -0.05) is 29.5 Å². The summed E-state index contributed by atoms with van der Waals surface area (Å²) in [5, 5.41) is 1.53. The number of aromatic nitrogens is 2. The molecule has 3 heterocycles. The lowest BCUT2D eigenvalue weighted by Crippen LogP contribution is -2.23. The van der Waals surface area contributed by atoms with Crippen molar-refractivity contribution >= 4 is 33.3 Å². The summed E-state index contributed by atoms with van der Waals surface area (Å²) in [6, 6.07) is 8.06. The third-order valence-electron chi connectivity index (χ3n) is 5.29. The van der Waals surface area contributed by atoms with E-state index in [9.17, 15) is 4.79 Å². The molecule has 0 N–H and O–H groups in total. The summed E-state index contributed by atoms with van der Waals surface area (Å²) in [7, 11) is 0. The lowest BCUT2D eigenvalue weighted by atomic mass is 9.97. The summed E-state index contributed by atoms with van der Waals surface area (Å²) in [5.74, 6) is 0.620. The van der Waals surface area contributed by atoms with Crippen molar-refractivity contribution in [1.29, 1.82) is 0 Å². The maximum absolute atomic E-state index is 13.6. The van der Waals surface area contributed by atoms with E-state index in [1.54, 1.807) is 15.9 Å². The number of benzene rings is 1. The van der Waals surface area contributed by atoms with Gasteiger partial charge in [0.25, 0.3) is 5.56 Å². The van der Waals surface area contributed by atoms with Crippen LogP contribution in [-0.2, 0) is 22.3 Å². The van der Waals surface area contributed by atoms with Crippen LogP contribution in [0.4, 0.5) is 0 Å². The Balaban J connectivity index is 1.65. The number of hydrogen-bond acceptors (Lipinski definition) is 6. The number of thioether (sulfide) groups is 1. The fraction of sp³-hybridized carbons (Fsp3) is 0.429. The molecule has 5 rings (SSSR count). The number of aryl methyl sites for hydroxylation is 3. The molecule has 0 bridgehead atoms. The quantitative estimate of drug-likeness (QED) is 0.475. The zero-order chi connectivity index (χ0) is 19.1. The highest BCUT2D eigenvalue weighted by molar-refractivity contribution is 7.99. The van der Waals surface area contributed by atoms with E-state index in [4.69, 9.17) is 14.5 Å². The molecule has 146 valence electrons. The van der Waals surface area contributed by atoms with Gasteiger partial charge in [-0.05, 0) is 50.3 Å². The van der Waals surface area contributed by atoms with Crippen molar-refractivity contribution in [3.63, 3.8) is 0 Å². The summed E-state index contributed by atoms with van der Waals surface area (Å²) in [4.78, 5) is 20.8. The number of fused-ring (bicyclic) bond motifs is 3. The van der Waals surface area contributed by atoms with Gasteiger partial charge in [-0.15, -0.1) is 11.3 Å². The Morgan fingerprint density at radius 1 is 1.18 bits per heavy atom. The van der Waals surface area contributed by atoms with Crippen LogP contribution in [-0.4, -0.2) is 34.8 Å². The first-order chi connectivity index (χ1) is 13.7. The number of hydrogen-bond donors (Lipinski definition) is 0. The molecule has 3 aromatic rings. The molecule has 0 radical (unpaired) electrons. The van der Waals surface area contributed by atoms with Gasteiger partial charge >= 0.3 is 0 Å². The minimum Gasteiger partial charge on any atom is -0.349 e. The Labute approximate surface area is 171 Å². The fourth-order valence-electron chi connectivity index (χ4n) is 3.85. The molecule has 0 amide bonds. The Morgan fingerprint density at radius 2 is 1.93 bits per heavy atom. The highest BCUT2D eigenvalue weighted by Gasteiger charge is 2.24. The van der Waals surface area contributed by atoms with Crippen molar-refractivity contribution in [2.24, 2.45) is 0 Å². The van der Waals surface area contributed by atoms with E-state index in [1.807, 2.05) is 31.2 Å². The van der Waals surface area contributed by atoms with Crippen LogP contribution in [0, 0.1) is 6.92 Å². The summed E-state index contributed by atoms with van der Waals surface area (Å²) < 4.78 is 12.9. The second-order valence-electron chi connectivity index (χ2n) is 7.24. The molecule has 2 aromatic heterocycles. The maximum Gasteiger partial charge on any atom is 0.267 e. The van der Waals surface area contributed by atoms with Gasteiger partial charge in [-0.3, -0.25) is 9.36 Å². The molecule has 1 aromatic carbocycles. The van der Waals surface area contributed by atoms with Gasteiger partial charge in [0.1, 0.15) is 4.83 Å². The van der Waals surface area contributed by atoms with Gasteiger partial charge in [0.05, 0.1) is 30.0 Å². The Bertz CT molecular complexity index is 1070. The summed E-state index contributed by atoms with van der Waals surface area (Å²) in [5.41, 5.74) is 3.30. The van der Waals surface area contributed by atoms with Crippen molar-refractivity contribution < 1.29 is 9.47 Å². The fourth-order valence-corrected chi connectivity index (χ4v) is 6.11. The standard InChI is InChI=1S/C21H22N2O3S2/c1-13-6-8-14(9-7-13)23-20(24)18-15-4-2-3-5-16(15)28-19(18)22-21(23)27-12-17-25-10-11-26-17/h6-9,17H,2-5,10-12H2,1H3. The van der Waals surface area contributed by atoms with Gasteiger partial charge in [0.2, 0.25) is 0 Å². The highest BCUT2D eigenvalue weighted by Crippen LogP contribution is 2.35. The predicted molar refractivity (Wildman–Crippen MR) is 113 cm³/mol. The van der Waals surface area contributed by atoms with Crippen molar-refractivity contribution in [2.45, 2.75) is 44.1 Å². The molecular weight excluding hydrogens is 392 g/mol. The third kappa shape index (κ3) is 3.30. The monoisotopic (exact) mass is 414 g/mol. The van der Waals surface area contributed by atoms with Crippen LogP contribution in [0.2, 0.25) is 0 Å². The normalized spacial score (nSPS) is 17.3. The van der Waals surface area contributed by atoms with Crippen LogP contribution < -0.4 is 5.56 Å².